The number of phenols is 1. The predicted octanol–water partition coefficient (Wildman–Crippen LogP) is 3.36. The van der Waals surface area contributed by atoms with Crippen molar-refractivity contribution in [2.24, 2.45) is 0 Å². The molecule has 0 saturated carbocycles. The Hall–Kier alpha value is -1.74. The first kappa shape index (κ1) is 10.8. The highest BCUT2D eigenvalue weighted by Crippen LogP contribution is 2.30. The van der Waals surface area contributed by atoms with Crippen molar-refractivity contribution in [3.63, 3.8) is 0 Å². The summed E-state index contributed by atoms with van der Waals surface area (Å²) >= 11 is 1.55. The average Bonchev–Trinajstić information content (AvgIpc) is 2.31. The van der Waals surface area contributed by atoms with Crippen LogP contribution in [-0.4, -0.2) is 11.4 Å². The van der Waals surface area contributed by atoms with Crippen LogP contribution in [0.3, 0.4) is 0 Å². The van der Waals surface area contributed by atoms with E-state index in [0.29, 0.717) is 11.8 Å². The fourth-order valence-corrected chi connectivity index (χ4v) is 2.18. The third-order valence-corrected chi connectivity index (χ3v) is 3.11. The number of hydrogen-bond donors (Lipinski definition) is 1. The summed E-state index contributed by atoms with van der Waals surface area (Å²) in [5.41, 5.74) is 0.317. The monoisotopic (exact) mass is 230 g/mol. The zero-order chi connectivity index (χ0) is 11.4. The van der Waals surface area contributed by atoms with Gasteiger partial charge in [0.25, 0.3) is 0 Å². The minimum atomic E-state index is 0.0240. The van der Waals surface area contributed by atoms with E-state index >= 15 is 0 Å². The van der Waals surface area contributed by atoms with Crippen LogP contribution in [-0.2, 0) is 0 Å². The fourth-order valence-electron chi connectivity index (χ4n) is 1.31. The number of rotatable bonds is 3. The lowest BCUT2D eigenvalue weighted by molar-refractivity contribution is 0.112. The van der Waals surface area contributed by atoms with E-state index in [1.165, 1.54) is 0 Å². The molecule has 0 unspecified atom stereocenters. The van der Waals surface area contributed by atoms with Crippen LogP contribution in [0, 0.1) is 0 Å². The van der Waals surface area contributed by atoms with Crippen molar-refractivity contribution in [2.45, 2.75) is 9.79 Å². The lowest BCUT2D eigenvalue weighted by atomic mass is 10.2. The summed E-state index contributed by atoms with van der Waals surface area (Å²) in [5.74, 6) is 0.0240. The maximum atomic E-state index is 10.5. The third-order valence-electron chi connectivity index (χ3n) is 2.11. The van der Waals surface area contributed by atoms with Crippen molar-refractivity contribution in [2.75, 3.05) is 0 Å². The van der Waals surface area contributed by atoms with Crippen LogP contribution >= 0.6 is 11.8 Å². The molecule has 80 valence electrons. The van der Waals surface area contributed by atoms with Gasteiger partial charge < -0.3 is 5.11 Å². The molecule has 0 aromatic heterocycles. The van der Waals surface area contributed by atoms with Gasteiger partial charge in [-0.05, 0) is 30.3 Å². The second-order valence-electron chi connectivity index (χ2n) is 3.25. The zero-order valence-electron chi connectivity index (χ0n) is 8.46. The number of carbonyl (C=O) groups excluding carboxylic acids is 1. The Morgan fingerprint density at radius 3 is 2.38 bits per heavy atom. The molecule has 2 rings (SSSR count). The zero-order valence-corrected chi connectivity index (χ0v) is 9.28. The lowest BCUT2D eigenvalue weighted by Gasteiger charge is -2.03. The lowest BCUT2D eigenvalue weighted by Crippen LogP contribution is -1.81. The van der Waals surface area contributed by atoms with Gasteiger partial charge >= 0.3 is 0 Å². The molecule has 0 amide bonds. The number of aldehydes is 1. The minimum Gasteiger partial charge on any atom is -0.507 e. The van der Waals surface area contributed by atoms with Crippen LogP contribution in [0.2, 0.25) is 0 Å². The first-order chi connectivity index (χ1) is 7.79. The van der Waals surface area contributed by atoms with Gasteiger partial charge in [-0.25, -0.2) is 0 Å². The molecule has 1 N–H and O–H groups in total. The van der Waals surface area contributed by atoms with Gasteiger partial charge in [-0.3, -0.25) is 4.79 Å². The van der Waals surface area contributed by atoms with Crippen molar-refractivity contribution in [3.05, 3.63) is 54.1 Å². The van der Waals surface area contributed by atoms with Crippen molar-refractivity contribution in [1.82, 2.24) is 0 Å². The summed E-state index contributed by atoms with van der Waals surface area (Å²) < 4.78 is 0. The molecular formula is C13H10O2S. The highest BCUT2D eigenvalue weighted by atomic mass is 32.2. The van der Waals surface area contributed by atoms with E-state index in [0.717, 1.165) is 9.79 Å². The van der Waals surface area contributed by atoms with Crippen LogP contribution in [0.25, 0.3) is 0 Å². The molecule has 0 bridgehead atoms. The molecule has 2 aromatic rings. The molecule has 0 heterocycles. The van der Waals surface area contributed by atoms with E-state index in [2.05, 4.69) is 0 Å². The average molecular weight is 230 g/mol. The van der Waals surface area contributed by atoms with E-state index < -0.39 is 0 Å². The van der Waals surface area contributed by atoms with E-state index in [9.17, 15) is 9.90 Å². The Balaban J connectivity index is 2.23. The van der Waals surface area contributed by atoms with Crippen LogP contribution in [0.5, 0.6) is 5.75 Å². The first-order valence-corrected chi connectivity index (χ1v) is 5.62. The maximum absolute atomic E-state index is 10.5. The SMILES string of the molecule is O=Cc1ccc(Sc2ccccc2)cc1O. The van der Waals surface area contributed by atoms with Crippen LogP contribution in [0.4, 0.5) is 0 Å². The van der Waals surface area contributed by atoms with Crippen molar-refractivity contribution in [1.29, 1.82) is 0 Å². The summed E-state index contributed by atoms with van der Waals surface area (Å²) in [6.07, 6.45) is 0.645. The van der Waals surface area contributed by atoms with Gasteiger partial charge in [0.05, 0.1) is 5.56 Å². The van der Waals surface area contributed by atoms with Gasteiger partial charge in [-0.15, -0.1) is 0 Å². The molecular weight excluding hydrogens is 220 g/mol. The van der Waals surface area contributed by atoms with Gasteiger partial charge in [0.2, 0.25) is 0 Å². The number of carbonyl (C=O) groups is 1. The van der Waals surface area contributed by atoms with E-state index in [-0.39, 0.29) is 5.75 Å². The van der Waals surface area contributed by atoms with Crippen molar-refractivity contribution < 1.29 is 9.90 Å². The Morgan fingerprint density at radius 2 is 1.75 bits per heavy atom. The smallest absolute Gasteiger partial charge is 0.153 e. The first-order valence-electron chi connectivity index (χ1n) is 4.80. The molecule has 2 aromatic carbocycles. The van der Waals surface area contributed by atoms with E-state index in [1.807, 2.05) is 36.4 Å². The van der Waals surface area contributed by atoms with E-state index in [4.69, 9.17) is 0 Å². The van der Waals surface area contributed by atoms with Crippen LogP contribution < -0.4 is 0 Å². The van der Waals surface area contributed by atoms with Gasteiger partial charge in [-0.1, -0.05) is 30.0 Å². The Morgan fingerprint density at radius 1 is 1.00 bits per heavy atom. The summed E-state index contributed by atoms with van der Waals surface area (Å²) in [4.78, 5) is 12.5. The molecule has 0 saturated heterocycles. The summed E-state index contributed by atoms with van der Waals surface area (Å²) in [6, 6.07) is 14.9. The Kier molecular flexibility index (Phi) is 3.27. The van der Waals surface area contributed by atoms with Gasteiger partial charge in [0.15, 0.2) is 6.29 Å². The standard InChI is InChI=1S/C13H10O2S/c14-9-10-6-7-12(8-13(10)15)16-11-4-2-1-3-5-11/h1-9,15H. The van der Waals surface area contributed by atoms with Gasteiger partial charge in [0.1, 0.15) is 5.75 Å². The molecule has 16 heavy (non-hydrogen) atoms. The number of benzene rings is 2. The summed E-state index contributed by atoms with van der Waals surface area (Å²) in [7, 11) is 0. The van der Waals surface area contributed by atoms with Crippen molar-refractivity contribution in [3.8, 4) is 5.75 Å². The second-order valence-corrected chi connectivity index (χ2v) is 4.40. The molecule has 0 aliphatic heterocycles. The molecule has 0 fully saturated rings. The largest absolute Gasteiger partial charge is 0.507 e. The summed E-state index contributed by atoms with van der Waals surface area (Å²) in [6.45, 7) is 0. The second kappa shape index (κ2) is 4.86. The number of phenolic OH excluding ortho intramolecular Hbond substituents is 1. The third kappa shape index (κ3) is 2.44. The van der Waals surface area contributed by atoms with Crippen LogP contribution in [0.15, 0.2) is 58.3 Å². The minimum absolute atomic E-state index is 0.0240. The molecule has 0 radical (unpaired) electrons. The summed E-state index contributed by atoms with van der Waals surface area (Å²) in [5, 5.41) is 9.52. The molecule has 0 spiro atoms. The van der Waals surface area contributed by atoms with Crippen LogP contribution in [0.1, 0.15) is 10.4 Å². The van der Waals surface area contributed by atoms with Gasteiger partial charge in [-0.2, -0.15) is 0 Å². The number of hydrogen-bond acceptors (Lipinski definition) is 3. The molecule has 3 heteroatoms. The highest BCUT2D eigenvalue weighted by Gasteiger charge is 2.02. The predicted molar refractivity (Wildman–Crippen MR) is 64.1 cm³/mol. The van der Waals surface area contributed by atoms with Crippen molar-refractivity contribution >= 4 is 18.0 Å². The van der Waals surface area contributed by atoms with Gasteiger partial charge in [0, 0.05) is 9.79 Å². The molecule has 2 nitrogen and oxygen atoms in total. The van der Waals surface area contributed by atoms with E-state index in [1.54, 1.807) is 23.9 Å². The quantitative estimate of drug-likeness (QED) is 0.821. The highest BCUT2D eigenvalue weighted by molar-refractivity contribution is 7.99. The maximum Gasteiger partial charge on any atom is 0.153 e. The normalized spacial score (nSPS) is 10.0. The topological polar surface area (TPSA) is 37.3 Å². The molecule has 0 aliphatic rings. The molecule has 0 aliphatic carbocycles. The number of aromatic hydroxyl groups is 1. The fraction of sp³-hybridized carbons (Fsp3) is 0. The molecule has 0 atom stereocenters. The Labute approximate surface area is 97.9 Å². The Bertz CT molecular complexity index is 495.